The first-order valence-electron chi connectivity index (χ1n) is 11.7. The lowest BCUT2D eigenvalue weighted by atomic mass is 9.70. The number of nitrogens with zero attached hydrogens (tertiary/aromatic N) is 2. The van der Waals surface area contributed by atoms with Gasteiger partial charge in [0, 0.05) is 18.0 Å². The van der Waals surface area contributed by atoms with E-state index in [2.05, 4.69) is 30.7 Å². The van der Waals surface area contributed by atoms with E-state index in [1.54, 1.807) is 12.1 Å². The van der Waals surface area contributed by atoms with E-state index >= 15 is 0 Å². The molecule has 2 atom stereocenters. The predicted octanol–water partition coefficient (Wildman–Crippen LogP) is 6.36. The number of hydrogen-bond acceptors (Lipinski definition) is 5. The average Bonchev–Trinajstić information content (AvgIpc) is 3.04. The molecule has 4 rings (SSSR count). The van der Waals surface area contributed by atoms with E-state index < -0.39 is 9.84 Å². The van der Waals surface area contributed by atoms with Crippen LogP contribution >= 0.6 is 0 Å². The predicted molar refractivity (Wildman–Crippen MR) is 134 cm³/mol. The summed E-state index contributed by atoms with van der Waals surface area (Å²) in [5, 5.41) is 3.49. The number of rotatable bonds is 6. The van der Waals surface area contributed by atoms with Gasteiger partial charge in [-0.1, -0.05) is 20.8 Å². The number of hydrogen-bond donors (Lipinski definition) is 1. The molecule has 6 nitrogen and oxygen atoms in total. The van der Waals surface area contributed by atoms with Crippen LogP contribution in [0.15, 0.2) is 47.4 Å². The maximum absolute atomic E-state index is 12.3. The fourth-order valence-electron chi connectivity index (χ4n) is 5.27. The first kappa shape index (κ1) is 23.6. The molecule has 1 aromatic heterocycles. The minimum absolute atomic E-state index is 0.119. The molecular formula is C26H35N3O3S. The molecule has 0 amide bonds. The van der Waals surface area contributed by atoms with E-state index in [9.17, 15) is 8.42 Å². The number of anilines is 2. The van der Waals surface area contributed by atoms with Crippen LogP contribution in [-0.2, 0) is 9.84 Å². The van der Waals surface area contributed by atoms with E-state index in [1.807, 2.05) is 44.2 Å². The maximum atomic E-state index is 12.3. The van der Waals surface area contributed by atoms with E-state index in [1.165, 1.54) is 12.7 Å². The Kier molecular flexibility index (Phi) is 6.20. The van der Waals surface area contributed by atoms with Gasteiger partial charge in [-0.25, -0.2) is 13.4 Å². The van der Waals surface area contributed by atoms with Crippen molar-refractivity contribution in [1.82, 2.24) is 9.55 Å². The van der Waals surface area contributed by atoms with Gasteiger partial charge in [0.1, 0.15) is 5.75 Å². The monoisotopic (exact) mass is 469 g/mol. The van der Waals surface area contributed by atoms with Crippen molar-refractivity contribution in [3.05, 3.63) is 42.5 Å². The first-order chi connectivity index (χ1) is 15.4. The molecule has 0 bridgehead atoms. The van der Waals surface area contributed by atoms with Crippen LogP contribution in [-0.4, -0.2) is 30.3 Å². The molecule has 1 N–H and O–H groups in total. The molecule has 1 saturated carbocycles. The van der Waals surface area contributed by atoms with Crippen LogP contribution in [0, 0.1) is 11.3 Å². The normalized spacial score (nSPS) is 20.8. The molecule has 0 aliphatic heterocycles. The Labute approximate surface area is 197 Å². The Hall–Kier alpha value is -2.54. The number of ether oxygens (including phenoxy) is 1. The number of fused-ring (bicyclic) bond motifs is 1. The fraction of sp³-hybridized carbons (Fsp3) is 0.500. The highest BCUT2D eigenvalue weighted by molar-refractivity contribution is 7.90. The summed E-state index contributed by atoms with van der Waals surface area (Å²) in [5.74, 6) is 2.14. The van der Waals surface area contributed by atoms with Crippen LogP contribution in [0.25, 0.3) is 11.0 Å². The lowest BCUT2D eigenvalue weighted by Crippen LogP contribution is -2.29. The van der Waals surface area contributed by atoms with Gasteiger partial charge in [0.2, 0.25) is 5.95 Å². The first-order valence-corrected chi connectivity index (χ1v) is 13.6. The van der Waals surface area contributed by atoms with Crippen molar-refractivity contribution in [2.24, 2.45) is 11.3 Å². The van der Waals surface area contributed by atoms with Crippen LogP contribution in [0.4, 0.5) is 11.6 Å². The molecule has 7 heteroatoms. The topological polar surface area (TPSA) is 73.2 Å². The Morgan fingerprint density at radius 3 is 2.42 bits per heavy atom. The van der Waals surface area contributed by atoms with Gasteiger partial charge in [-0.15, -0.1) is 0 Å². The van der Waals surface area contributed by atoms with E-state index in [4.69, 9.17) is 9.72 Å². The number of benzene rings is 2. The van der Waals surface area contributed by atoms with Crippen molar-refractivity contribution in [1.29, 1.82) is 0 Å². The molecule has 33 heavy (non-hydrogen) atoms. The Bertz CT molecular complexity index is 1240. The summed E-state index contributed by atoms with van der Waals surface area (Å²) in [6, 6.07) is 13.3. The smallest absolute Gasteiger partial charge is 0.208 e. The summed E-state index contributed by atoms with van der Waals surface area (Å²) >= 11 is 0. The molecule has 1 aliphatic rings. The quantitative estimate of drug-likeness (QED) is 0.455. The summed E-state index contributed by atoms with van der Waals surface area (Å²) in [4.78, 5) is 5.20. The highest BCUT2D eigenvalue weighted by atomic mass is 32.2. The van der Waals surface area contributed by atoms with Crippen LogP contribution < -0.4 is 10.1 Å². The van der Waals surface area contributed by atoms with Crippen LogP contribution in [0.5, 0.6) is 5.75 Å². The summed E-state index contributed by atoms with van der Waals surface area (Å²) in [6.07, 6.45) is 4.61. The molecule has 3 aromatic rings. The lowest BCUT2D eigenvalue weighted by molar-refractivity contribution is 0.140. The summed E-state index contributed by atoms with van der Waals surface area (Å²) in [6.45, 7) is 10.9. The summed E-state index contributed by atoms with van der Waals surface area (Å²) < 4.78 is 32.5. The third-order valence-corrected chi connectivity index (χ3v) is 7.41. The van der Waals surface area contributed by atoms with Crippen molar-refractivity contribution < 1.29 is 13.2 Å². The third-order valence-electron chi connectivity index (χ3n) is 6.30. The van der Waals surface area contributed by atoms with Gasteiger partial charge in [0.15, 0.2) is 9.84 Å². The Morgan fingerprint density at radius 1 is 1.12 bits per heavy atom. The van der Waals surface area contributed by atoms with Crippen molar-refractivity contribution in [2.45, 2.75) is 70.9 Å². The van der Waals surface area contributed by atoms with Crippen LogP contribution in [0.2, 0.25) is 0 Å². The summed E-state index contributed by atoms with van der Waals surface area (Å²) in [7, 11) is -3.32. The van der Waals surface area contributed by atoms with E-state index in [0.717, 1.165) is 41.3 Å². The Morgan fingerprint density at radius 2 is 1.82 bits per heavy atom. The number of aromatic nitrogens is 2. The lowest BCUT2D eigenvalue weighted by Gasteiger charge is -2.40. The molecule has 1 aliphatic carbocycles. The van der Waals surface area contributed by atoms with Gasteiger partial charge in [0.25, 0.3) is 0 Å². The highest BCUT2D eigenvalue weighted by Gasteiger charge is 2.34. The molecule has 0 saturated heterocycles. The second-order valence-corrected chi connectivity index (χ2v) is 12.6. The highest BCUT2D eigenvalue weighted by Crippen LogP contribution is 2.46. The number of sulfone groups is 1. The molecule has 2 aromatic carbocycles. The maximum Gasteiger partial charge on any atom is 0.208 e. The second-order valence-electron chi connectivity index (χ2n) is 10.6. The standard InChI is InChI=1S/C26H35N3O3S/c1-17(2)32-21-9-7-19(8-10-21)27-25-28-23-12-11-22(33(6,30)31)14-24(23)29(25)20-13-18(3)15-26(4,5)16-20/h7-12,14,17-18,20H,13,15-16H2,1-6H3,(H,27,28)/t18-,20+/m1/s1. The fourth-order valence-corrected chi connectivity index (χ4v) is 5.91. The zero-order valence-electron chi connectivity index (χ0n) is 20.4. The van der Waals surface area contributed by atoms with Gasteiger partial charge in [0.05, 0.1) is 22.0 Å². The Balaban J connectivity index is 1.79. The third kappa shape index (κ3) is 5.35. The molecule has 1 heterocycles. The van der Waals surface area contributed by atoms with Crippen LogP contribution in [0.3, 0.4) is 0 Å². The SMILES string of the molecule is CC(C)Oc1ccc(Nc2nc3ccc(S(C)(=O)=O)cc3n2[C@H]2C[C@@H](C)CC(C)(C)C2)cc1. The van der Waals surface area contributed by atoms with Gasteiger partial charge in [-0.2, -0.15) is 0 Å². The number of nitrogens with one attached hydrogen (secondary N) is 1. The number of imidazole rings is 1. The van der Waals surface area contributed by atoms with Crippen molar-refractivity contribution in [3.8, 4) is 5.75 Å². The molecule has 0 unspecified atom stereocenters. The minimum atomic E-state index is -3.32. The molecular weight excluding hydrogens is 434 g/mol. The molecule has 178 valence electrons. The van der Waals surface area contributed by atoms with Crippen molar-refractivity contribution >= 4 is 32.5 Å². The zero-order chi connectivity index (χ0) is 24.0. The van der Waals surface area contributed by atoms with Crippen molar-refractivity contribution in [2.75, 3.05) is 11.6 Å². The van der Waals surface area contributed by atoms with E-state index in [0.29, 0.717) is 10.8 Å². The average molecular weight is 470 g/mol. The molecule has 0 radical (unpaired) electrons. The van der Waals surface area contributed by atoms with Crippen molar-refractivity contribution in [3.63, 3.8) is 0 Å². The minimum Gasteiger partial charge on any atom is -0.491 e. The summed E-state index contributed by atoms with van der Waals surface area (Å²) in [5.41, 5.74) is 2.77. The molecule has 1 fully saturated rings. The largest absolute Gasteiger partial charge is 0.491 e. The molecule has 0 spiro atoms. The van der Waals surface area contributed by atoms with E-state index in [-0.39, 0.29) is 17.6 Å². The van der Waals surface area contributed by atoms with Gasteiger partial charge < -0.3 is 14.6 Å². The van der Waals surface area contributed by atoms with Crippen LogP contribution in [0.1, 0.15) is 59.9 Å². The van der Waals surface area contributed by atoms with Gasteiger partial charge in [-0.05, 0) is 86.9 Å². The van der Waals surface area contributed by atoms with Gasteiger partial charge >= 0.3 is 0 Å². The second kappa shape index (κ2) is 8.67. The van der Waals surface area contributed by atoms with Gasteiger partial charge in [-0.3, -0.25) is 0 Å². The zero-order valence-corrected chi connectivity index (χ0v) is 21.2.